The maximum absolute atomic E-state index is 12.9. The SMILES string of the molecule is CCc1ccccc1N1C[C@H](C(=O)Oc2cccc(N3C(=O)c4ccccc4C3=O)c2)CC1=O. The van der Waals surface area contributed by atoms with Crippen molar-refractivity contribution in [2.75, 3.05) is 16.3 Å². The fourth-order valence-electron chi connectivity index (χ4n) is 4.48. The Morgan fingerprint density at radius 3 is 2.29 bits per heavy atom. The number of para-hydroxylation sites is 1. The van der Waals surface area contributed by atoms with Crippen LogP contribution in [0, 0.1) is 5.92 Å². The minimum Gasteiger partial charge on any atom is -0.426 e. The Morgan fingerprint density at radius 2 is 1.59 bits per heavy atom. The third kappa shape index (κ3) is 3.65. The number of amides is 3. The average molecular weight is 454 g/mol. The van der Waals surface area contributed by atoms with Gasteiger partial charge in [0.2, 0.25) is 5.91 Å². The highest BCUT2D eigenvalue weighted by molar-refractivity contribution is 6.34. The van der Waals surface area contributed by atoms with Crippen molar-refractivity contribution in [2.45, 2.75) is 19.8 Å². The predicted molar refractivity (Wildman–Crippen MR) is 126 cm³/mol. The summed E-state index contributed by atoms with van der Waals surface area (Å²) in [6, 6.07) is 20.6. The number of fused-ring (bicyclic) bond motifs is 1. The van der Waals surface area contributed by atoms with E-state index in [2.05, 4.69) is 0 Å². The first-order valence-electron chi connectivity index (χ1n) is 11.2. The molecule has 1 fully saturated rings. The van der Waals surface area contributed by atoms with Gasteiger partial charge in [0.15, 0.2) is 0 Å². The van der Waals surface area contributed by atoms with E-state index in [-0.39, 0.29) is 24.6 Å². The summed E-state index contributed by atoms with van der Waals surface area (Å²) in [6.07, 6.45) is 0.842. The summed E-state index contributed by atoms with van der Waals surface area (Å²) in [5.41, 5.74) is 2.85. The van der Waals surface area contributed by atoms with E-state index in [0.29, 0.717) is 16.8 Å². The van der Waals surface area contributed by atoms with E-state index in [0.717, 1.165) is 22.6 Å². The third-order valence-electron chi connectivity index (χ3n) is 6.21. The Hall–Kier alpha value is -4.26. The van der Waals surface area contributed by atoms with Crippen molar-refractivity contribution < 1.29 is 23.9 Å². The van der Waals surface area contributed by atoms with Crippen LogP contribution in [-0.2, 0) is 16.0 Å². The first kappa shape index (κ1) is 21.6. The molecule has 5 rings (SSSR count). The second-order valence-electron chi connectivity index (χ2n) is 8.30. The molecule has 0 radical (unpaired) electrons. The first-order chi connectivity index (χ1) is 16.5. The standard InChI is InChI=1S/C27H22N2O5/c1-2-17-8-3-6-13-23(17)28-16-18(14-24(28)30)27(33)34-20-10-7-9-19(15-20)29-25(31)21-11-4-5-12-22(21)26(29)32/h3-13,15,18H,2,14,16H2,1H3/t18-/m1/s1. The van der Waals surface area contributed by atoms with E-state index >= 15 is 0 Å². The smallest absolute Gasteiger partial charge is 0.316 e. The van der Waals surface area contributed by atoms with E-state index in [1.165, 1.54) is 6.07 Å². The molecule has 3 amide bonds. The van der Waals surface area contributed by atoms with Crippen LogP contribution >= 0.6 is 0 Å². The average Bonchev–Trinajstić information content (AvgIpc) is 3.36. The van der Waals surface area contributed by atoms with Crippen LogP contribution in [0.3, 0.4) is 0 Å². The molecule has 0 aliphatic carbocycles. The molecule has 0 N–H and O–H groups in total. The number of hydrogen-bond acceptors (Lipinski definition) is 5. The summed E-state index contributed by atoms with van der Waals surface area (Å²) in [4.78, 5) is 53.8. The number of aryl methyl sites for hydroxylation is 1. The molecule has 3 aromatic carbocycles. The lowest BCUT2D eigenvalue weighted by Gasteiger charge is -2.20. The van der Waals surface area contributed by atoms with Crippen molar-refractivity contribution in [3.05, 3.63) is 89.5 Å². The Morgan fingerprint density at radius 1 is 0.912 bits per heavy atom. The molecule has 0 unspecified atom stereocenters. The van der Waals surface area contributed by atoms with Gasteiger partial charge in [0, 0.05) is 24.7 Å². The van der Waals surface area contributed by atoms with Gasteiger partial charge in [0.05, 0.1) is 22.7 Å². The van der Waals surface area contributed by atoms with Gasteiger partial charge < -0.3 is 9.64 Å². The van der Waals surface area contributed by atoms with Crippen LogP contribution in [0.1, 0.15) is 39.6 Å². The Bertz CT molecular complexity index is 1300. The van der Waals surface area contributed by atoms with E-state index in [1.807, 2.05) is 31.2 Å². The van der Waals surface area contributed by atoms with Gasteiger partial charge in [0.1, 0.15) is 5.75 Å². The molecule has 0 saturated carbocycles. The zero-order chi connectivity index (χ0) is 23.8. The van der Waals surface area contributed by atoms with Crippen LogP contribution in [-0.4, -0.2) is 30.2 Å². The lowest BCUT2D eigenvalue weighted by molar-refractivity contribution is -0.139. The van der Waals surface area contributed by atoms with Crippen LogP contribution in [0.15, 0.2) is 72.8 Å². The first-order valence-corrected chi connectivity index (χ1v) is 11.2. The molecule has 3 aromatic rings. The maximum atomic E-state index is 12.9. The molecule has 0 bridgehead atoms. The minimum absolute atomic E-state index is 0.0645. The number of ether oxygens (including phenoxy) is 1. The zero-order valence-electron chi connectivity index (χ0n) is 18.6. The zero-order valence-corrected chi connectivity index (χ0v) is 18.6. The van der Waals surface area contributed by atoms with Crippen LogP contribution in [0.5, 0.6) is 5.75 Å². The lowest BCUT2D eigenvalue weighted by atomic mass is 10.1. The number of esters is 1. The van der Waals surface area contributed by atoms with Gasteiger partial charge in [-0.3, -0.25) is 19.2 Å². The second kappa shape index (κ2) is 8.59. The van der Waals surface area contributed by atoms with Crippen molar-refractivity contribution in [1.29, 1.82) is 0 Å². The van der Waals surface area contributed by atoms with Gasteiger partial charge in [-0.25, -0.2) is 4.90 Å². The van der Waals surface area contributed by atoms with Crippen LogP contribution in [0.25, 0.3) is 0 Å². The molecule has 7 heteroatoms. The number of rotatable bonds is 5. The summed E-state index contributed by atoms with van der Waals surface area (Å²) < 4.78 is 5.57. The molecule has 0 aromatic heterocycles. The molecule has 2 heterocycles. The van der Waals surface area contributed by atoms with Crippen LogP contribution in [0.4, 0.5) is 11.4 Å². The molecule has 2 aliphatic heterocycles. The number of anilines is 2. The van der Waals surface area contributed by atoms with Gasteiger partial charge in [-0.15, -0.1) is 0 Å². The summed E-state index contributed by atoms with van der Waals surface area (Å²) in [5, 5.41) is 0. The molecule has 170 valence electrons. The summed E-state index contributed by atoms with van der Waals surface area (Å²) in [5.74, 6) is -1.89. The molecular weight excluding hydrogens is 432 g/mol. The number of hydrogen-bond donors (Lipinski definition) is 0. The number of carbonyl (C=O) groups excluding carboxylic acids is 4. The van der Waals surface area contributed by atoms with Gasteiger partial charge in [-0.2, -0.15) is 0 Å². The Kier molecular flexibility index (Phi) is 5.45. The van der Waals surface area contributed by atoms with Crippen molar-refractivity contribution in [1.82, 2.24) is 0 Å². The number of nitrogens with zero attached hydrogens (tertiary/aromatic N) is 2. The topological polar surface area (TPSA) is 84.0 Å². The summed E-state index contributed by atoms with van der Waals surface area (Å²) >= 11 is 0. The molecule has 1 atom stereocenters. The quantitative estimate of drug-likeness (QED) is 0.330. The highest BCUT2D eigenvalue weighted by atomic mass is 16.5. The van der Waals surface area contributed by atoms with Crippen LogP contribution in [0.2, 0.25) is 0 Å². The van der Waals surface area contributed by atoms with E-state index in [4.69, 9.17) is 4.74 Å². The largest absolute Gasteiger partial charge is 0.426 e. The molecule has 34 heavy (non-hydrogen) atoms. The van der Waals surface area contributed by atoms with Crippen molar-refractivity contribution >= 4 is 35.1 Å². The number of imide groups is 1. The highest BCUT2D eigenvalue weighted by Gasteiger charge is 2.38. The highest BCUT2D eigenvalue weighted by Crippen LogP contribution is 2.32. The normalized spacial score (nSPS) is 17.3. The third-order valence-corrected chi connectivity index (χ3v) is 6.21. The monoisotopic (exact) mass is 454 g/mol. The summed E-state index contributed by atoms with van der Waals surface area (Å²) in [7, 11) is 0. The lowest BCUT2D eigenvalue weighted by Crippen LogP contribution is -2.29. The van der Waals surface area contributed by atoms with E-state index in [9.17, 15) is 19.2 Å². The van der Waals surface area contributed by atoms with Crippen LogP contribution < -0.4 is 14.5 Å². The molecule has 0 spiro atoms. The molecule has 1 saturated heterocycles. The number of carbonyl (C=O) groups is 4. The minimum atomic E-state index is -0.611. The fourth-order valence-corrected chi connectivity index (χ4v) is 4.48. The van der Waals surface area contributed by atoms with Crippen molar-refractivity contribution in [3.8, 4) is 5.75 Å². The molecular formula is C27H22N2O5. The van der Waals surface area contributed by atoms with E-state index in [1.54, 1.807) is 47.4 Å². The van der Waals surface area contributed by atoms with Crippen molar-refractivity contribution in [3.63, 3.8) is 0 Å². The molecule has 7 nitrogen and oxygen atoms in total. The molecule has 2 aliphatic rings. The van der Waals surface area contributed by atoms with Gasteiger partial charge in [0.25, 0.3) is 11.8 Å². The Balaban J connectivity index is 1.32. The second-order valence-corrected chi connectivity index (χ2v) is 8.30. The van der Waals surface area contributed by atoms with Gasteiger partial charge in [-0.1, -0.05) is 43.3 Å². The fraction of sp³-hybridized carbons (Fsp3) is 0.185. The van der Waals surface area contributed by atoms with Gasteiger partial charge in [-0.05, 0) is 42.3 Å². The van der Waals surface area contributed by atoms with Gasteiger partial charge >= 0.3 is 5.97 Å². The van der Waals surface area contributed by atoms with E-state index < -0.39 is 23.7 Å². The van der Waals surface area contributed by atoms with Crippen molar-refractivity contribution in [2.24, 2.45) is 5.92 Å². The summed E-state index contributed by atoms with van der Waals surface area (Å²) in [6.45, 7) is 2.26. The number of benzene rings is 3. The Labute approximate surface area is 196 Å². The maximum Gasteiger partial charge on any atom is 0.316 e. The predicted octanol–water partition coefficient (Wildman–Crippen LogP) is 4.01.